The first-order valence-electron chi connectivity index (χ1n) is 8.51. The first-order chi connectivity index (χ1) is 10.3. The summed E-state index contributed by atoms with van der Waals surface area (Å²) in [5.41, 5.74) is -0.376. The van der Waals surface area contributed by atoms with E-state index in [1.807, 2.05) is 0 Å². The van der Waals surface area contributed by atoms with Crippen LogP contribution in [0.2, 0.25) is 0 Å². The maximum absolute atomic E-state index is 12.2. The number of likely N-dealkylation sites (N-methyl/N-ethyl adjacent to an activating group) is 1. The molecule has 1 aliphatic carbocycles. The van der Waals surface area contributed by atoms with E-state index in [4.69, 9.17) is 4.74 Å². The molecule has 1 saturated carbocycles. The quantitative estimate of drug-likeness (QED) is 0.845. The molecular weight excluding hydrogens is 294 g/mol. The number of hydrogen-bond donors (Lipinski definition) is 1. The van der Waals surface area contributed by atoms with Gasteiger partial charge in [0.15, 0.2) is 0 Å². The standard InChI is InChI=1S/C18H33NO4/c1-17(2,3)13-10-8-12(9-11-13)14(15(20)21)19(7)16(22)23-18(4,5)6/h12-14H,8-11H2,1-7H3,(H,20,21). The second kappa shape index (κ2) is 7.10. The Kier molecular flexibility index (Phi) is 6.11. The largest absolute Gasteiger partial charge is 0.480 e. The van der Waals surface area contributed by atoms with Gasteiger partial charge in [-0.05, 0) is 63.7 Å². The summed E-state index contributed by atoms with van der Waals surface area (Å²) in [6, 6.07) is -0.814. The molecule has 0 spiro atoms. The highest BCUT2D eigenvalue weighted by atomic mass is 16.6. The number of nitrogens with zero attached hydrogens (tertiary/aromatic N) is 1. The minimum atomic E-state index is -0.947. The second-order valence-electron chi connectivity index (χ2n) is 8.85. The topological polar surface area (TPSA) is 66.8 Å². The van der Waals surface area contributed by atoms with E-state index in [0.717, 1.165) is 25.7 Å². The summed E-state index contributed by atoms with van der Waals surface area (Å²) >= 11 is 0. The van der Waals surface area contributed by atoms with Gasteiger partial charge in [0.2, 0.25) is 0 Å². The Morgan fingerprint density at radius 3 is 1.87 bits per heavy atom. The number of carbonyl (C=O) groups excluding carboxylic acids is 1. The summed E-state index contributed by atoms with van der Waals surface area (Å²) in [5, 5.41) is 9.62. The number of amides is 1. The van der Waals surface area contributed by atoms with Crippen LogP contribution in [0.1, 0.15) is 67.2 Å². The Hall–Kier alpha value is -1.26. The lowest BCUT2D eigenvalue weighted by atomic mass is 9.68. The first-order valence-corrected chi connectivity index (χ1v) is 8.51. The molecule has 1 aliphatic rings. The van der Waals surface area contributed by atoms with Crippen molar-refractivity contribution in [3.8, 4) is 0 Å². The molecule has 1 rings (SSSR count). The summed E-state index contributed by atoms with van der Waals surface area (Å²) in [6.07, 6.45) is 3.14. The van der Waals surface area contributed by atoms with E-state index in [1.54, 1.807) is 20.8 Å². The summed E-state index contributed by atoms with van der Waals surface area (Å²) in [6.45, 7) is 12.0. The molecule has 0 saturated heterocycles. The van der Waals surface area contributed by atoms with Gasteiger partial charge in [-0.15, -0.1) is 0 Å². The van der Waals surface area contributed by atoms with Crippen molar-refractivity contribution in [2.75, 3.05) is 7.05 Å². The highest BCUT2D eigenvalue weighted by Gasteiger charge is 2.39. The van der Waals surface area contributed by atoms with E-state index in [0.29, 0.717) is 5.92 Å². The molecule has 0 heterocycles. The molecule has 134 valence electrons. The summed E-state index contributed by atoms with van der Waals surface area (Å²) in [4.78, 5) is 25.2. The Labute approximate surface area is 140 Å². The van der Waals surface area contributed by atoms with Crippen LogP contribution in [0.3, 0.4) is 0 Å². The van der Waals surface area contributed by atoms with E-state index in [-0.39, 0.29) is 11.3 Å². The Bertz CT molecular complexity index is 425. The van der Waals surface area contributed by atoms with E-state index in [9.17, 15) is 14.7 Å². The zero-order valence-corrected chi connectivity index (χ0v) is 15.7. The Morgan fingerprint density at radius 2 is 1.52 bits per heavy atom. The molecule has 0 radical (unpaired) electrons. The van der Waals surface area contributed by atoms with Crippen LogP contribution in [-0.2, 0) is 9.53 Å². The van der Waals surface area contributed by atoms with Crippen LogP contribution in [0.5, 0.6) is 0 Å². The number of hydrogen-bond acceptors (Lipinski definition) is 3. The number of carboxylic acids is 1. The van der Waals surface area contributed by atoms with Crippen LogP contribution in [0.15, 0.2) is 0 Å². The molecule has 0 aromatic heterocycles. The smallest absolute Gasteiger partial charge is 0.410 e. The molecule has 1 atom stereocenters. The zero-order chi connectivity index (χ0) is 18.0. The van der Waals surface area contributed by atoms with Gasteiger partial charge in [0.1, 0.15) is 11.6 Å². The maximum atomic E-state index is 12.2. The highest BCUT2D eigenvalue weighted by molar-refractivity contribution is 5.80. The third-order valence-corrected chi connectivity index (χ3v) is 4.79. The number of rotatable bonds is 3. The fourth-order valence-corrected chi connectivity index (χ4v) is 3.43. The summed E-state index contributed by atoms with van der Waals surface area (Å²) in [5.74, 6) is -0.346. The van der Waals surface area contributed by atoms with Gasteiger partial charge in [-0.25, -0.2) is 9.59 Å². The lowest BCUT2D eigenvalue weighted by molar-refractivity contribution is -0.145. The fourth-order valence-electron chi connectivity index (χ4n) is 3.43. The second-order valence-corrected chi connectivity index (χ2v) is 8.85. The van der Waals surface area contributed by atoms with Gasteiger partial charge in [0.05, 0.1) is 0 Å². The summed E-state index contributed by atoms with van der Waals surface area (Å²) < 4.78 is 5.32. The number of carboxylic acid groups (broad SMARTS) is 1. The van der Waals surface area contributed by atoms with Crippen LogP contribution < -0.4 is 0 Å². The summed E-state index contributed by atoms with van der Waals surface area (Å²) in [7, 11) is 1.53. The molecule has 5 nitrogen and oxygen atoms in total. The minimum absolute atomic E-state index is 0.0105. The van der Waals surface area contributed by atoms with Gasteiger partial charge in [0, 0.05) is 7.05 Å². The predicted octanol–water partition coefficient (Wildman–Crippen LogP) is 4.16. The fraction of sp³-hybridized carbons (Fsp3) is 0.889. The molecule has 1 amide bonds. The minimum Gasteiger partial charge on any atom is -0.480 e. The molecule has 0 aromatic rings. The lowest BCUT2D eigenvalue weighted by Gasteiger charge is -2.40. The number of carbonyl (C=O) groups is 2. The van der Waals surface area contributed by atoms with Crippen LogP contribution in [0, 0.1) is 17.3 Å². The predicted molar refractivity (Wildman–Crippen MR) is 90.3 cm³/mol. The van der Waals surface area contributed by atoms with Crippen molar-refractivity contribution in [3.63, 3.8) is 0 Å². The molecule has 1 fully saturated rings. The van der Waals surface area contributed by atoms with Gasteiger partial charge in [-0.1, -0.05) is 20.8 Å². The van der Waals surface area contributed by atoms with Crippen molar-refractivity contribution < 1.29 is 19.4 Å². The average Bonchev–Trinajstić information content (AvgIpc) is 2.35. The number of ether oxygens (including phenoxy) is 1. The van der Waals surface area contributed by atoms with E-state index in [1.165, 1.54) is 11.9 Å². The van der Waals surface area contributed by atoms with Crippen LogP contribution >= 0.6 is 0 Å². The van der Waals surface area contributed by atoms with E-state index >= 15 is 0 Å². The monoisotopic (exact) mass is 327 g/mol. The van der Waals surface area contributed by atoms with Crippen LogP contribution in [0.25, 0.3) is 0 Å². The van der Waals surface area contributed by atoms with Gasteiger partial charge < -0.3 is 9.84 Å². The molecule has 0 bridgehead atoms. The third kappa shape index (κ3) is 5.70. The first kappa shape index (κ1) is 19.8. The van der Waals surface area contributed by atoms with Crippen molar-refractivity contribution in [1.82, 2.24) is 4.90 Å². The molecule has 0 aliphatic heterocycles. The van der Waals surface area contributed by atoms with Crippen LogP contribution in [0.4, 0.5) is 4.79 Å². The molecule has 1 N–H and O–H groups in total. The normalized spacial score (nSPS) is 24.0. The van der Waals surface area contributed by atoms with E-state index in [2.05, 4.69) is 20.8 Å². The Balaban J connectivity index is 2.77. The van der Waals surface area contributed by atoms with Gasteiger partial charge in [0.25, 0.3) is 0 Å². The van der Waals surface area contributed by atoms with Crippen molar-refractivity contribution in [3.05, 3.63) is 0 Å². The molecule has 5 heteroatoms. The SMILES string of the molecule is CN(C(=O)OC(C)(C)C)C(C(=O)O)C1CCC(C(C)(C)C)CC1. The van der Waals surface area contributed by atoms with Gasteiger partial charge in [-0.3, -0.25) is 4.90 Å². The zero-order valence-electron chi connectivity index (χ0n) is 15.7. The third-order valence-electron chi connectivity index (χ3n) is 4.79. The van der Waals surface area contributed by atoms with Crippen LogP contribution in [-0.4, -0.2) is 40.8 Å². The highest BCUT2D eigenvalue weighted by Crippen LogP contribution is 2.41. The maximum Gasteiger partial charge on any atom is 0.410 e. The van der Waals surface area contributed by atoms with Crippen molar-refractivity contribution >= 4 is 12.1 Å². The lowest BCUT2D eigenvalue weighted by Crippen LogP contribution is -2.49. The van der Waals surface area contributed by atoms with Gasteiger partial charge >= 0.3 is 12.1 Å². The van der Waals surface area contributed by atoms with Gasteiger partial charge in [-0.2, -0.15) is 0 Å². The average molecular weight is 327 g/mol. The van der Waals surface area contributed by atoms with Crippen molar-refractivity contribution in [2.45, 2.75) is 78.9 Å². The molecule has 23 heavy (non-hydrogen) atoms. The number of aliphatic carboxylic acids is 1. The molecule has 0 aromatic carbocycles. The van der Waals surface area contributed by atoms with E-state index < -0.39 is 23.7 Å². The Morgan fingerprint density at radius 1 is 1.04 bits per heavy atom. The van der Waals surface area contributed by atoms with Crippen molar-refractivity contribution in [1.29, 1.82) is 0 Å². The molecular formula is C18H33NO4. The molecule has 1 unspecified atom stereocenters. The van der Waals surface area contributed by atoms with Crippen molar-refractivity contribution in [2.24, 2.45) is 17.3 Å².